The molecule has 0 bridgehead atoms. The molecule has 8 heteroatoms. The molecule has 0 radical (unpaired) electrons. The Morgan fingerprint density at radius 2 is 1.88 bits per heavy atom. The SMILES string of the molecule is Cc1ncc(NC(=O)C2(C3CCCCC3)CCN(C(=O)C(N)Cc3ccc(Cl)cc3)CC2)[nH]1. The largest absolute Gasteiger partial charge is 0.341 e. The van der Waals surface area contributed by atoms with Crippen molar-refractivity contribution < 1.29 is 9.59 Å². The minimum Gasteiger partial charge on any atom is -0.341 e. The van der Waals surface area contributed by atoms with Crippen molar-refractivity contribution in [1.29, 1.82) is 0 Å². The highest BCUT2D eigenvalue weighted by Crippen LogP contribution is 2.46. The van der Waals surface area contributed by atoms with E-state index in [4.69, 9.17) is 17.3 Å². The van der Waals surface area contributed by atoms with Gasteiger partial charge < -0.3 is 20.9 Å². The Bertz CT molecular complexity index is 959. The molecule has 2 amide bonds. The zero-order valence-corrected chi connectivity index (χ0v) is 20.0. The van der Waals surface area contributed by atoms with Crippen LogP contribution in [-0.2, 0) is 16.0 Å². The van der Waals surface area contributed by atoms with E-state index in [0.717, 1.165) is 37.1 Å². The van der Waals surface area contributed by atoms with Crippen LogP contribution in [0.4, 0.5) is 5.82 Å². The Morgan fingerprint density at radius 3 is 2.48 bits per heavy atom. The molecule has 1 saturated carbocycles. The van der Waals surface area contributed by atoms with Crippen LogP contribution < -0.4 is 11.1 Å². The summed E-state index contributed by atoms with van der Waals surface area (Å²) in [6.45, 7) is 2.97. The molecule has 1 saturated heterocycles. The maximum absolute atomic E-state index is 13.6. The first-order valence-electron chi connectivity index (χ1n) is 12.0. The number of amides is 2. The van der Waals surface area contributed by atoms with E-state index in [1.807, 2.05) is 36.1 Å². The van der Waals surface area contributed by atoms with Crippen molar-refractivity contribution in [2.24, 2.45) is 17.1 Å². The highest BCUT2D eigenvalue weighted by atomic mass is 35.5. The van der Waals surface area contributed by atoms with E-state index in [1.165, 1.54) is 6.42 Å². The third kappa shape index (κ3) is 5.41. The van der Waals surface area contributed by atoms with E-state index in [0.29, 0.717) is 49.1 Å². The fraction of sp³-hybridized carbons (Fsp3) is 0.560. The first-order valence-corrected chi connectivity index (χ1v) is 12.4. The lowest BCUT2D eigenvalue weighted by Gasteiger charge is -2.47. The lowest BCUT2D eigenvalue weighted by molar-refractivity contribution is -0.142. The molecular formula is C25H34ClN5O2. The molecule has 4 N–H and O–H groups in total. The second-order valence-corrected chi connectivity index (χ2v) is 10.0. The number of aromatic amines is 1. The number of aryl methyl sites for hydroxylation is 1. The average molecular weight is 472 g/mol. The maximum Gasteiger partial charge on any atom is 0.239 e. The Hall–Kier alpha value is -2.38. The molecule has 1 aromatic carbocycles. The van der Waals surface area contributed by atoms with Gasteiger partial charge in [-0.2, -0.15) is 0 Å². The van der Waals surface area contributed by atoms with Gasteiger partial charge in [0.1, 0.15) is 11.6 Å². The predicted molar refractivity (Wildman–Crippen MR) is 130 cm³/mol. The summed E-state index contributed by atoms with van der Waals surface area (Å²) in [5.41, 5.74) is 6.81. The van der Waals surface area contributed by atoms with Gasteiger partial charge in [-0.05, 0) is 62.6 Å². The molecule has 1 aliphatic carbocycles. The molecule has 4 rings (SSSR count). The Morgan fingerprint density at radius 1 is 1.21 bits per heavy atom. The molecule has 7 nitrogen and oxygen atoms in total. The number of rotatable bonds is 6. The van der Waals surface area contributed by atoms with E-state index in [2.05, 4.69) is 15.3 Å². The number of H-pyrrole nitrogens is 1. The number of piperidine rings is 1. The maximum atomic E-state index is 13.6. The molecule has 0 spiro atoms. The molecule has 2 aromatic rings. The number of imidazole rings is 1. The monoisotopic (exact) mass is 471 g/mol. The van der Waals surface area contributed by atoms with Crippen LogP contribution in [-0.4, -0.2) is 45.8 Å². The standard InChI is InChI=1S/C25H34ClN5O2/c1-17-28-16-22(29-17)30-24(33)25(19-5-3-2-4-6-19)11-13-31(14-12-25)23(32)21(27)15-18-7-9-20(26)10-8-18/h7-10,16,19,21H,2-6,11-15,27H2,1H3,(H,28,29)(H,30,33). The number of carbonyl (C=O) groups excluding carboxylic acids is 2. The molecule has 1 aromatic heterocycles. The molecule has 2 heterocycles. The van der Waals surface area contributed by atoms with Crippen LogP contribution >= 0.6 is 11.6 Å². The van der Waals surface area contributed by atoms with Crippen LogP contribution in [0, 0.1) is 18.3 Å². The van der Waals surface area contributed by atoms with Crippen LogP contribution in [0.2, 0.25) is 5.02 Å². The summed E-state index contributed by atoms with van der Waals surface area (Å²) < 4.78 is 0. The molecule has 33 heavy (non-hydrogen) atoms. The lowest BCUT2D eigenvalue weighted by atomic mass is 9.63. The Kier molecular flexibility index (Phi) is 7.39. The van der Waals surface area contributed by atoms with Crippen molar-refractivity contribution in [2.45, 2.75) is 64.3 Å². The van der Waals surface area contributed by atoms with Gasteiger partial charge in [-0.3, -0.25) is 9.59 Å². The third-order valence-electron chi connectivity index (χ3n) is 7.44. The molecule has 2 fully saturated rings. The van der Waals surface area contributed by atoms with Gasteiger partial charge >= 0.3 is 0 Å². The van der Waals surface area contributed by atoms with E-state index < -0.39 is 11.5 Å². The first-order chi connectivity index (χ1) is 15.9. The number of halogens is 1. The normalized spacial score (nSPS) is 19.8. The number of hydrogen-bond donors (Lipinski definition) is 3. The number of benzene rings is 1. The minimum atomic E-state index is -0.602. The van der Waals surface area contributed by atoms with Gasteiger partial charge in [-0.15, -0.1) is 0 Å². The van der Waals surface area contributed by atoms with Gasteiger partial charge in [0.2, 0.25) is 11.8 Å². The lowest BCUT2D eigenvalue weighted by Crippen LogP contribution is -2.55. The van der Waals surface area contributed by atoms with E-state index >= 15 is 0 Å². The van der Waals surface area contributed by atoms with Crippen LogP contribution in [0.1, 0.15) is 56.3 Å². The summed E-state index contributed by atoms with van der Waals surface area (Å²) in [6.07, 6.45) is 9.16. The van der Waals surface area contributed by atoms with Crippen LogP contribution in [0.3, 0.4) is 0 Å². The number of likely N-dealkylation sites (tertiary alicyclic amines) is 1. The van der Waals surface area contributed by atoms with Crippen molar-refractivity contribution in [1.82, 2.24) is 14.9 Å². The number of nitrogens with two attached hydrogens (primary N) is 1. The van der Waals surface area contributed by atoms with Gasteiger partial charge in [0.05, 0.1) is 17.7 Å². The zero-order valence-electron chi connectivity index (χ0n) is 19.3. The summed E-state index contributed by atoms with van der Waals surface area (Å²) in [6, 6.07) is 6.83. The van der Waals surface area contributed by atoms with Crippen LogP contribution in [0.15, 0.2) is 30.5 Å². The highest BCUT2D eigenvalue weighted by Gasteiger charge is 2.48. The number of nitrogens with zero attached hydrogens (tertiary/aromatic N) is 2. The second-order valence-electron chi connectivity index (χ2n) is 9.59. The van der Waals surface area contributed by atoms with Crippen molar-refractivity contribution in [3.05, 3.63) is 46.9 Å². The van der Waals surface area contributed by atoms with Gasteiger partial charge in [-0.25, -0.2) is 4.98 Å². The van der Waals surface area contributed by atoms with Crippen LogP contribution in [0.5, 0.6) is 0 Å². The fourth-order valence-corrected chi connectivity index (χ4v) is 5.66. The summed E-state index contributed by atoms with van der Waals surface area (Å²) in [5, 5.41) is 3.74. The molecule has 178 valence electrons. The molecular weight excluding hydrogens is 438 g/mol. The van der Waals surface area contributed by atoms with Crippen molar-refractivity contribution in [2.75, 3.05) is 18.4 Å². The Labute approximate surface area is 200 Å². The zero-order chi connectivity index (χ0) is 23.4. The minimum absolute atomic E-state index is 0.0493. The van der Waals surface area contributed by atoms with Crippen LogP contribution in [0.25, 0.3) is 0 Å². The fourth-order valence-electron chi connectivity index (χ4n) is 5.53. The number of hydrogen-bond acceptors (Lipinski definition) is 4. The van der Waals surface area contributed by atoms with Gasteiger partial charge in [-0.1, -0.05) is 43.0 Å². The van der Waals surface area contributed by atoms with Crippen molar-refractivity contribution >= 4 is 29.2 Å². The van der Waals surface area contributed by atoms with Crippen molar-refractivity contribution in [3.63, 3.8) is 0 Å². The Balaban J connectivity index is 1.43. The molecule has 1 atom stereocenters. The van der Waals surface area contributed by atoms with Gasteiger partial charge in [0.15, 0.2) is 0 Å². The number of carbonyl (C=O) groups is 2. The van der Waals surface area contributed by atoms with Gasteiger partial charge in [0, 0.05) is 18.1 Å². The van der Waals surface area contributed by atoms with E-state index in [-0.39, 0.29) is 11.8 Å². The highest BCUT2D eigenvalue weighted by molar-refractivity contribution is 6.30. The number of anilines is 1. The van der Waals surface area contributed by atoms with E-state index in [9.17, 15) is 9.59 Å². The van der Waals surface area contributed by atoms with E-state index in [1.54, 1.807) is 6.20 Å². The summed E-state index contributed by atoms with van der Waals surface area (Å²) in [4.78, 5) is 35.8. The number of nitrogens with one attached hydrogen (secondary N) is 2. The smallest absolute Gasteiger partial charge is 0.239 e. The average Bonchev–Trinajstić information content (AvgIpc) is 3.25. The molecule has 1 aliphatic heterocycles. The summed E-state index contributed by atoms with van der Waals surface area (Å²) in [5.74, 6) is 1.75. The molecule has 2 aliphatic rings. The second kappa shape index (κ2) is 10.3. The third-order valence-corrected chi connectivity index (χ3v) is 7.70. The van der Waals surface area contributed by atoms with Crippen molar-refractivity contribution in [3.8, 4) is 0 Å². The van der Waals surface area contributed by atoms with Gasteiger partial charge in [0.25, 0.3) is 0 Å². The summed E-state index contributed by atoms with van der Waals surface area (Å²) >= 11 is 5.96. The number of aromatic nitrogens is 2. The predicted octanol–water partition coefficient (Wildman–Crippen LogP) is 4.07. The summed E-state index contributed by atoms with van der Waals surface area (Å²) in [7, 11) is 0. The topological polar surface area (TPSA) is 104 Å². The first kappa shape index (κ1) is 23.8. The quantitative estimate of drug-likeness (QED) is 0.590. The molecule has 1 unspecified atom stereocenters.